The van der Waals surface area contributed by atoms with Crippen molar-refractivity contribution < 1.29 is 9.84 Å². The van der Waals surface area contributed by atoms with E-state index in [0.29, 0.717) is 12.8 Å². The minimum atomic E-state index is -0.892. The molecule has 5 heteroatoms. The van der Waals surface area contributed by atoms with Gasteiger partial charge in [-0.1, -0.05) is 6.92 Å². The predicted molar refractivity (Wildman–Crippen MR) is 87.5 cm³/mol. The summed E-state index contributed by atoms with van der Waals surface area (Å²) in [7, 11) is 0. The molecule has 21 heavy (non-hydrogen) atoms. The number of aromatic nitrogens is 2. The molecule has 0 aliphatic carbocycles. The Bertz CT molecular complexity index is 537. The second-order valence-corrected chi connectivity index (χ2v) is 7.93. The van der Waals surface area contributed by atoms with Gasteiger partial charge in [0.15, 0.2) is 0 Å². The van der Waals surface area contributed by atoms with Gasteiger partial charge in [-0.2, -0.15) is 5.10 Å². The third-order valence-electron chi connectivity index (χ3n) is 4.52. The molecule has 1 aromatic rings. The Hall–Kier alpha value is -0.390. The Labute approximate surface area is 136 Å². The molecule has 0 bridgehead atoms. The van der Waals surface area contributed by atoms with E-state index in [9.17, 15) is 5.11 Å². The number of nitrogens with zero attached hydrogens (tertiary/aromatic N) is 2. The van der Waals surface area contributed by atoms with Crippen LogP contribution in [0.25, 0.3) is 0 Å². The molecular formula is C16H27BrN2O2. The summed E-state index contributed by atoms with van der Waals surface area (Å²) < 4.78 is 9.09. The van der Waals surface area contributed by atoms with Crippen LogP contribution in [0, 0.1) is 0 Å². The third-order valence-corrected chi connectivity index (χ3v) is 5.44. The summed E-state index contributed by atoms with van der Waals surface area (Å²) in [4.78, 5) is 0. The van der Waals surface area contributed by atoms with E-state index in [4.69, 9.17) is 4.74 Å². The maximum absolute atomic E-state index is 11.2. The predicted octanol–water partition coefficient (Wildman–Crippen LogP) is 3.48. The van der Waals surface area contributed by atoms with E-state index in [1.807, 2.05) is 32.4 Å². The highest BCUT2D eigenvalue weighted by molar-refractivity contribution is 9.10. The smallest absolute Gasteiger partial charge is 0.101 e. The lowest BCUT2D eigenvalue weighted by Gasteiger charge is -2.35. The van der Waals surface area contributed by atoms with Gasteiger partial charge in [0.2, 0.25) is 0 Å². The molecule has 2 rings (SSSR count). The van der Waals surface area contributed by atoms with Gasteiger partial charge in [0.05, 0.1) is 27.1 Å². The van der Waals surface area contributed by atoms with Crippen LogP contribution in [0.3, 0.4) is 0 Å². The van der Waals surface area contributed by atoms with E-state index in [1.165, 1.54) is 0 Å². The number of aliphatic hydroxyl groups is 1. The van der Waals surface area contributed by atoms with Crippen LogP contribution < -0.4 is 0 Å². The first-order valence-electron chi connectivity index (χ1n) is 7.72. The van der Waals surface area contributed by atoms with Crippen LogP contribution in [0.4, 0.5) is 0 Å². The lowest BCUT2D eigenvalue weighted by atomic mass is 9.79. The van der Waals surface area contributed by atoms with Crippen molar-refractivity contribution >= 4 is 15.9 Å². The summed E-state index contributed by atoms with van der Waals surface area (Å²) in [6.45, 7) is 13.0. The first-order valence-corrected chi connectivity index (χ1v) is 8.51. The molecule has 1 aliphatic heterocycles. The molecule has 120 valence electrons. The van der Waals surface area contributed by atoms with E-state index in [0.717, 1.165) is 28.8 Å². The van der Waals surface area contributed by atoms with Gasteiger partial charge in [-0.05, 0) is 57.0 Å². The average Bonchev–Trinajstić information content (AvgIpc) is 2.71. The third kappa shape index (κ3) is 2.92. The van der Waals surface area contributed by atoms with Crippen LogP contribution in [-0.4, -0.2) is 31.7 Å². The topological polar surface area (TPSA) is 47.3 Å². The minimum Gasteiger partial charge on any atom is -0.386 e. The van der Waals surface area contributed by atoms with E-state index < -0.39 is 11.2 Å². The maximum atomic E-state index is 11.2. The lowest BCUT2D eigenvalue weighted by molar-refractivity contribution is -0.126. The highest BCUT2D eigenvalue weighted by Gasteiger charge is 2.56. The van der Waals surface area contributed by atoms with Gasteiger partial charge < -0.3 is 9.84 Å². The SMILES string of the molecule is CCc1nn(CC)c(CC2(O)CC(C)(C)OC2(C)C)c1Br. The molecule has 1 N–H and O–H groups in total. The zero-order valence-electron chi connectivity index (χ0n) is 14.0. The van der Waals surface area contributed by atoms with Crippen molar-refractivity contribution in [3.8, 4) is 0 Å². The van der Waals surface area contributed by atoms with E-state index >= 15 is 0 Å². The average molecular weight is 359 g/mol. The molecule has 1 fully saturated rings. The molecular weight excluding hydrogens is 332 g/mol. The maximum Gasteiger partial charge on any atom is 0.101 e. The molecule has 2 heterocycles. The van der Waals surface area contributed by atoms with Crippen molar-refractivity contribution in [3.63, 3.8) is 0 Å². The second kappa shape index (κ2) is 5.36. The van der Waals surface area contributed by atoms with Gasteiger partial charge in [0, 0.05) is 19.4 Å². The van der Waals surface area contributed by atoms with Gasteiger partial charge >= 0.3 is 0 Å². The summed E-state index contributed by atoms with van der Waals surface area (Å²) in [6, 6.07) is 0. The summed E-state index contributed by atoms with van der Waals surface area (Å²) in [5, 5.41) is 15.9. The molecule has 1 atom stereocenters. The Morgan fingerprint density at radius 1 is 1.29 bits per heavy atom. The van der Waals surface area contributed by atoms with Crippen LogP contribution in [0.15, 0.2) is 4.47 Å². The van der Waals surface area contributed by atoms with Crippen molar-refractivity contribution in [2.75, 3.05) is 0 Å². The quantitative estimate of drug-likeness (QED) is 0.895. The van der Waals surface area contributed by atoms with Crippen LogP contribution in [-0.2, 0) is 24.1 Å². The molecule has 0 aromatic carbocycles. The first kappa shape index (κ1) is 17.0. The molecule has 1 saturated heterocycles. The van der Waals surface area contributed by atoms with Crippen molar-refractivity contribution in [3.05, 3.63) is 15.9 Å². The number of hydrogen-bond acceptors (Lipinski definition) is 3. The zero-order chi connectivity index (χ0) is 16.1. The lowest BCUT2D eigenvalue weighted by Crippen LogP contribution is -2.48. The molecule has 0 radical (unpaired) electrons. The van der Waals surface area contributed by atoms with Gasteiger partial charge in [0.1, 0.15) is 5.60 Å². The highest BCUT2D eigenvalue weighted by Crippen LogP contribution is 2.47. The normalized spacial score (nSPS) is 27.2. The summed E-state index contributed by atoms with van der Waals surface area (Å²) >= 11 is 3.67. The molecule has 0 saturated carbocycles. The van der Waals surface area contributed by atoms with Gasteiger partial charge in [-0.3, -0.25) is 4.68 Å². The fourth-order valence-corrected chi connectivity index (χ4v) is 4.18. The highest BCUT2D eigenvalue weighted by atomic mass is 79.9. The Morgan fingerprint density at radius 2 is 1.90 bits per heavy atom. The largest absolute Gasteiger partial charge is 0.386 e. The van der Waals surface area contributed by atoms with Crippen LogP contribution >= 0.6 is 15.9 Å². The molecule has 1 aliphatic rings. The fraction of sp³-hybridized carbons (Fsp3) is 0.812. The number of hydrogen-bond donors (Lipinski definition) is 1. The van der Waals surface area contributed by atoms with Gasteiger partial charge in [-0.25, -0.2) is 0 Å². The first-order chi connectivity index (χ1) is 9.55. The van der Waals surface area contributed by atoms with Crippen molar-refractivity contribution in [2.24, 2.45) is 0 Å². The zero-order valence-corrected chi connectivity index (χ0v) is 15.5. The second-order valence-electron chi connectivity index (χ2n) is 7.13. The Kier molecular flexibility index (Phi) is 4.33. The number of halogens is 1. The summed E-state index contributed by atoms with van der Waals surface area (Å²) in [6.07, 6.45) is 2.05. The van der Waals surface area contributed by atoms with Crippen LogP contribution in [0.2, 0.25) is 0 Å². The molecule has 0 spiro atoms. The summed E-state index contributed by atoms with van der Waals surface area (Å²) in [5.41, 5.74) is 0.329. The fourth-order valence-electron chi connectivity index (χ4n) is 3.48. The molecule has 1 unspecified atom stereocenters. The van der Waals surface area contributed by atoms with E-state index in [-0.39, 0.29) is 5.60 Å². The summed E-state index contributed by atoms with van der Waals surface area (Å²) in [5.74, 6) is 0. The van der Waals surface area contributed by atoms with Crippen molar-refractivity contribution in [1.82, 2.24) is 9.78 Å². The molecule has 1 aromatic heterocycles. The Balaban J connectivity index is 2.40. The number of aryl methyl sites for hydroxylation is 2. The monoisotopic (exact) mass is 358 g/mol. The van der Waals surface area contributed by atoms with Crippen LogP contribution in [0.5, 0.6) is 0 Å². The van der Waals surface area contributed by atoms with Crippen molar-refractivity contribution in [1.29, 1.82) is 0 Å². The Morgan fingerprint density at radius 3 is 2.33 bits per heavy atom. The molecule has 0 amide bonds. The van der Waals surface area contributed by atoms with Crippen LogP contribution in [0.1, 0.15) is 59.4 Å². The van der Waals surface area contributed by atoms with Crippen molar-refractivity contribution in [2.45, 2.75) is 84.2 Å². The number of rotatable bonds is 4. The minimum absolute atomic E-state index is 0.310. The molecule has 4 nitrogen and oxygen atoms in total. The van der Waals surface area contributed by atoms with E-state index in [2.05, 4.69) is 34.9 Å². The standard InChI is InChI=1S/C16H27BrN2O2/c1-7-11-13(17)12(19(8-2)18-11)9-16(20)10-14(3,4)21-15(16,5)6/h20H,7-10H2,1-6H3. The van der Waals surface area contributed by atoms with Gasteiger partial charge in [-0.15, -0.1) is 0 Å². The van der Waals surface area contributed by atoms with E-state index in [1.54, 1.807) is 0 Å². The van der Waals surface area contributed by atoms with Gasteiger partial charge in [0.25, 0.3) is 0 Å². The number of ether oxygens (including phenoxy) is 1.